The number of H-pyrrole nitrogens is 1. The fourth-order valence-corrected chi connectivity index (χ4v) is 5.22. The molecule has 0 saturated carbocycles. The molecule has 2 aromatic carbocycles. The van der Waals surface area contributed by atoms with Gasteiger partial charge in [0.2, 0.25) is 0 Å². The van der Waals surface area contributed by atoms with Crippen molar-refractivity contribution in [1.29, 1.82) is 0 Å². The molecule has 2 aliphatic heterocycles. The molecule has 1 atom stereocenters. The minimum Gasteiger partial charge on any atom is -0.345 e. The lowest BCUT2D eigenvalue weighted by atomic mass is 9.86. The van der Waals surface area contributed by atoms with Crippen molar-refractivity contribution in [1.82, 2.24) is 15.3 Å². The minimum absolute atomic E-state index is 0.233. The minimum atomic E-state index is -4.45. The summed E-state index contributed by atoms with van der Waals surface area (Å²) in [6.07, 6.45) is -2.93. The highest BCUT2D eigenvalue weighted by Gasteiger charge is 2.42. The van der Waals surface area contributed by atoms with E-state index in [1.165, 1.54) is 23.4 Å². The number of nitrogens with one attached hydrogen (secondary N) is 2. The van der Waals surface area contributed by atoms with Crippen molar-refractivity contribution in [2.24, 2.45) is 0 Å². The predicted molar refractivity (Wildman–Crippen MR) is 108 cm³/mol. The number of imidazole rings is 1. The van der Waals surface area contributed by atoms with Crippen LogP contribution in [-0.4, -0.2) is 22.5 Å². The van der Waals surface area contributed by atoms with Gasteiger partial charge in [0.1, 0.15) is 10.7 Å². The molecule has 1 fully saturated rings. The number of nitrogens with zero attached hydrogens (tertiary/aromatic N) is 2. The van der Waals surface area contributed by atoms with E-state index in [1.807, 2.05) is 0 Å². The number of hydrogen-bond donors (Lipinski definition) is 2. The molecule has 5 nitrogen and oxygen atoms in total. The second-order valence-electron chi connectivity index (χ2n) is 7.44. The van der Waals surface area contributed by atoms with Gasteiger partial charge >= 0.3 is 12.2 Å². The Morgan fingerprint density at radius 3 is 2.74 bits per heavy atom. The van der Waals surface area contributed by atoms with Crippen molar-refractivity contribution in [3.63, 3.8) is 0 Å². The molecule has 2 amide bonds. The van der Waals surface area contributed by atoms with Crippen LogP contribution in [0.3, 0.4) is 0 Å². The first-order valence-corrected chi connectivity index (χ1v) is 10.2. The van der Waals surface area contributed by atoms with Gasteiger partial charge in [0, 0.05) is 22.5 Å². The first kappa shape index (κ1) is 18.4. The summed E-state index contributed by atoms with van der Waals surface area (Å²) < 4.78 is 54.5. The fraction of sp³-hybridized carbons (Fsp3) is 0.143. The van der Waals surface area contributed by atoms with Crippen molar-refractivity contribution in [3.8, 4) is 21.6 Å². The molecule has 4 heterocycles. The number of rotatable bonds is 1. The summed E-state index contributed by atoms with van der Waals surface area (Å²) in [6, 6.07) is 7.97. The second-order valence-corrected chi connectivity index (χ2v) is 8.53. The van der Waals surface area contributed by atoms with E-state index in [4.69, 9.17) is 0 Å². The Kier molecular flexibility index (Phi) is 3.60. The number of thiophene rings is 1. The van der Waals surface area contributed by atoms with E-state index in [2.05, 4.69) is 15.3 Å². The monoisotopic (exact) mass is 444 g/mol. The van der Waals surface area contributed by atoms with E-state index in [0.29, 0.717) is 55.2 Å². The summed E-state index contributed by atoms with van der Waals surface area (Å²) in [5.74, 6) is -0.559. The number of halogens is 4. The van der Waals surface area contributed by atoms with E-state index in [-0.39, 0.29) is 12.6 Å². The number of fused-ring (bicyclic) bond motifs is 7. The number of carbonyl (C=O) groups is 1. The number of aromatic amines is 1. The number of amides is 2. The van der Waals surface area contributed by atoms with Gasteiger partial charge in [-0.2, -0.15) is 13.2 Å². The molecule has 156 valence electrons. The van der Waals surface area contributed by atoms with E-state index in [0.717, 1.165) is 6.07 Å². The van der Waals surface area contributed by atoms with Gasteiger partial charge in [0.05, 0.1) is 29.1 Å². The average molecular weight is 444 g/mol. The third-order valence-corrected chi connectivity index (χ3v) is 6.88. The zero-order valence-electron chi connectivity index (χ0n) is 15.5. The molecule has 6 rings (SSSR count). The van der Waals surface area contributed by atoms with Crippen LogP contribution in [0.4, 0.5) is 28.0 Å². The molecule has 0 aliphatic carbocycles. The molecule has 0 radical (unpaired) electrons. The van der Waals surface area contributed by atoms with Gasteiger partial charge in [-0.25, -0.2) is 14.2 Å². The molecule has 0 spiro atoms. The molecule has 4 aromatic rings. The van der Waals surface area contributed by atoms with Crippen molar-refractivity contribution >= 4 is 34.1 Å². The van der Waals surface area contributed by atoms with Gasteiger partial charge in [-0.3, -0.25) is 4.90 Å². The fourth-order valence-electron chi connectivity index (χ4n) is 4.36. The largest absolute Gasteiger partial charge is 0.425 e. The molecule has 2 aromatic heterocycles. The topological polar surface area (TPSA) is 61.0 Å². The highest BCUT2D eigenvalue weighted by atomic mass is 32.1. The average Bonchev–Trinajstić information content (AvgIpc) is 3.45. The van der Waals surface area contributed by atoms with Gasteiger partial charge in [-0.15, -0.1) is 11.3 Å². The first-order chi connectivity index (χ1) is 14.8. The van der Waals surface area contributed by atoms with E-state index in [1.54, 1.807) is 18.2 Å². The third kappa shape index (κ3) is 2.61. The highest BCUT2D eigenvalue weighted by Crippen LogP contribution is 2.50. The number of urea groups is 1. The normalized spacial score (nSPS) is 17.5. The van der Waals surface area contributed by atoms with Gasteiger partial charge < -0.3 is 10.3 Å². The molecular formula is C21H12F4N4OS. The lowest BCUT2D eigenvalue weighted by molar-refractivity contribution is -0.134. The van der Waals surface area contributed by atoms with Crippen LogP contribution in [0.25, 0.3) is 32.6 Å². The summed E-state index contributed by atoms with van der Waals surface area (Å²) in [4.78, 5) is 20.9. The number of anilines is 1. The Balaban J connectivity index is 1.60. The van der Waals surface area contributed by atoms with Gasteiger partial charge in [0.25, 0.3) is 0 Å². The van der Waals surface area contributed by atoms with E-state index < -0.39 is 22.9 Å². The summed E-state index contributed by atoms with van der Waals surface area (Å²) in [6.45, 7) is 0.233. The van der Waals surface area contributed by atoms with Gasteiger partial charge in [-0.05, 0) is 47.5 Å². The Morgan fingerprint density at radius 1 is 1.13 bits per heavy atom. The molecule has 2 aliphatic rings. The van der Waals surface area contributed by atoms with Crippen LogP contribution in [0.5, 0.6) is 0 Å². The van der Waals surface area contributed by atoms with Crippen LogP contribution in [0.2, 0.25) is 0 Å². The van der Waals surface area contributed by atoms with Crippen molar-refractivity contribution in [3.05, 3.63) is 59.0 Å². The van der Waals surface area contributed by atoms with Gasteiger partial charge in [0.15, 0.2) is 0 Å². The standard InChI is InChI=1S/C21H12F4N4OS/c22-12-4-9(17-1-2-18(31-17)21(23,24)25)3-11-10-5-13-14(28-8-27-13)6-15(10)29-16(19(11)12)7-26-20(29)30/h1-6,8,16H,7H2,(H,26,30)(H,27,28). The summed E-state index contributed by atoms with van der Waals surface area (Å²) in [7, 11) is 0. The number of benzene rings is 2. The Morgan fingerprint density at radius 2 is 1.97 bits per heavy atom. The lowest BCUT2D eigenvalue weighted by Gasteiger charge is -2.33. The maximum Gasteiger partial charge on any atom is 0.425 e. The summed E-state index contributed by atoms with van der Waals surface area (Å²) >= 11 is 0.573. The zero-order valence-corrected chi connectivity index (χ0v) is 16.4. The van der Waals surface area contributed by atoms with E-state index >= 15 is 4.39 Å². The second kappa shape index (κ2) is 6.07. The maximum absolute atomic E-state index is 15.4. The maximum atomic E-state index is 15.4. The molecule has 2 N–H and O–H groups in total. The number of hydrogen-bond acceptors (Lipinski definition) is 3. The number of aromatic nitrogens is 2. The van der Waals surface area contributed by atoms with Crippen LogP contribution in [0.15, 0.2) is 42.7 Å². The van der Waals surface area contributed by atoms with Crippen LogP contribution in [0.1, 0.15) is 16.5 Å². The summed E-state index contributed by atoms with van der Waals surface area (Å²) in [5.41, 5.74) is 3.84. The molecule has 1 unspecified atom stereocenters. The Hall–Kier alpha value is -3.40. The molecular weight excluding hydrogens is 432 g/mol. The van der Waals surface area contributed by atoms with Gasteiger partial charge in [-0.1, -0.05) is 0 Å². The quantitative estimate of drug-likeness (QED) is 0.370. The Labute approximate surface area is 176 Å². The van der Waals surface area contributed by atoms with Crippen LogP contribution in [0, 0.1) is 5.82 Å². The van der Waals surface area contributed by atoms with Crippen molar-refractivity contribution in [2.75, 3.05) is 11.4 Å². The van der Waals surface area contributed by atoms with Crippen molar-refractivity contribution < 1.29 is 22.4 Å². The van der Waals surface area contributed by atoms with Crippen molar-refractivity contribution in [2.45, 2.75) is 12.2 Å². The predicted octanol–water partition coefficient (Wildman–Crippen LogP) is 5.70. The van der Waals surface area contributed by atoms with Crippen LogP contribution < -0.4 is 10.2 Å². The third-order valence-electron chi connectivity index (χ3n) is 5.70. The smallest absolute Gasteiger partial charge is 0.345 e. The number of alkyl halides is 3. The molecule has 0 bridgehead atoms. The van der Waals surface area contributed by atoms with Crippen LogP contribution >= 0.6 is 11.3 Å². The first-order valence-electron chi connectivity index (χ1n) is 9.36. The summed E-state index contributed by atoms with van der Waals surface area (Å²) in [5, 5.41) is 2.75. The van der Waals surface area contributed by atoms with E-state index in [9.17, 15) is 18.0 Å². The van der Waals surface area contributed by atoms with Crippen LogP contribution in [-0.2, 0) is 6.18 Å². The molecule has 31 heavy (non-hydrogen) atoms. The molecule has 1 saturated heterocycles. The number of carbonyl (C=O) groups excluding carboxylic acids is 1. The zero-order chi connectivity index (χ0) is 21.5. The Bertz CT molecular complexity index is 1390. The lowest BCUT2D eigenvalue weighted by Crippen LogP contribution is -2.33. The highest BCUT2D eigenvalue weighted by molar-refractivity contribution is 7.15. The SMILES string of the molecule is O=C1NCC2c3c(F)cc(-c4ccc(C(F)(F)F)s4)cc3-c3cc4[nH]cnc4cc3N12. The molecule has 10 heteroatoms.